The Morgan fingerprint density at radius 3 is 2.43 bits per heavy atom. The lowest BCUT2D eigenvalue weighted by atomic mass is 9.90. The molecule has 1 atom stereocenters. The highest BCUT2D eigenvalue weighted by molar-refractivity contribution is 5.83. The third-order valence-electron chi connectivity index (χ3n) is 2.99. The monoisotopic (exact) mass is 303 g/mol. The van der Waals surface area contributed by atoms with Crippen molar-refractivity contribution in [2.24, 2.45) is 11.1 Å². The molecule has 0 aliphatic heterocycles. The maximum absolute atomic E-state index is 11.7. The number of carboxylic acids is 1. The summed E-state index contributed by atoms with van der Waals surface area (Å²) in [5, 5.41) is 13.9. The molecule has 8 heteroatoms. The predicted molar refractivity (Wildman–Crippen MR) is 76.7 cm³/mol. The standard InChI is InChI=1S/C13H25N3O5/c1-13(2,6-7-21-3)8-15-12(20)16-9(11(18)19)4-5-10(14)17/h9H,4-8H2,1-3H3,(H2,14,17)(H,18,19)(H2,15,16,20)/t9-/m1/s1. The van der Waals surface area contributed by atoms with E-state index < -0.39 is 23.9 Å². The minimum Gasteiger partial charge on any atom is -0.480 e. The summed E-state index contributed by atoms with van der Waals surface area (Å²) in [6.07, 6.45) is 0.621. The number of rotatable bonds is 10. The summed E-state index contributed by atoms with van der Waals surface area (Å²) in [4.78, 5) is 33.3. The molecule has 0 aromatic rings. The number of urea groups is 1. The second-order valence-corrected chi connectivity index (χ2v) is 5.63. The second kappa shape index (κ2) is 9.17. The third kappa shape index (κ3) is 9.67. The number of carbonyl (C=O) groups excluding carboxylic acids is 2. The fourth-order valence-electron chi connectivity index (χ4n) is 1.54. The molecule has 0 aliphatic carbocycles. The lowest BCUT2D eigenvalue weighted by Crippen LogP contribution is -2.48. The molecule has 0 saturated carbocycles. The molecular formula is C13H25N3O5. The highest BCUT2D eigenvalue weighted by Gasteiger charge is 2.22. The number of amides is 3. The number of nitrogens with two attached hydrogens (primary N) is 1. The average Bonchev–Trinajstić information content (AvgIpc) is 2.38. The molecule has 0 aliphatic rings. The summed E-state index contributed by atoms with van der Waals surface area (Å²) in [7, 11) is 1.60. The smallest absolute Gasteiger partial charge is 0.326 e. The first-order valence-corrected chi connectivity index (χ1v) is 6.72. The molecule has 0 aromatic heterocycles. The van der Waals surface area contributed by atoms with Crippen LogP contribution in [0, 0.1) is 5.41 Å². The topological polar surface area (TPSA) is 131 Å². The minimum absolute atomic E-state index is 0.0366. The number of primary amides is 1. The summed E-state index contributed by atoms with van der Waals surface area (Å²) in [6, 6.07) is -1.73. The van der Waals surface area contributed by atoms with E-state index in [1.165, 1.54) is 0 Å². The zero-order chi connectivity index (χ0) is 16.5. The van der Waals surface area contributed by atoms with E-state index in [1.807, 2.05) is 13.8 Å². The normalized spacial score (nSPS) is 12.5. The molecule has 0 bridgehead atoms. The van der Waals surface area contributed by atoms with Gasteiger partial charge in [0.25, 0.3) is 0 Å². The Hall–Kier alpha value is -1.83. The van der Waals surface area contributed by atoms with Crippen molar-refractivity contribution in [3.8, 4) is 0 Å². The molecule has 122 valence electrons. The summed E-state index contributed by atoms with van der Waals surface area (Å²) < 4.78 is 4.99. The quantitative estimate of drug-likeness (QED) is 0.453. The van der Waals surface area contributed by atoms with Gasteiger partial charge in [-0.3, -0.25) is 4.79 Å². The zero-order valence-electron chi connectivity index (χ0n) is 12.8. The van der Waals surface area contributed by atoms with Crippen LogP contribution in [-0.2, 0) is 14.3 Å². The zero-order valence-corrected chi connectivity index (χ0v) is 12.8. The second-order valence-electron chi connectivity index (χ2n) is 5.63. The Morgan fingerprint density at radius 2 is 1.95 bits per heavy atom. The van der Waals surface area contributed by atoms with Crippen LogP contribution >= 0.6 is 0 Å². The van der Waals surface area contributed by atoms with Crippen molar-refractivity contribution in [2.75, 3.05) is 20.3 Å². The van der Waals surface area contributed by atoms with E-state index in [4.69, 9.17) is 15.6 Å². The molecule has 0 fully saturated rings. The molecule has 5 N–H and O–H groups in total. The van der Waals surface area contributed by atoms with Crippen LogP contribution in [0.1, 0.15) is 33.1 Å². The Bertz CT molecular complexity index is 371. The van der Waals surface area contributed by atoms with Crippen LogP contribution in [0.4, 0.5) is 4.79 Å². The predicted octanol–water partition coefficient (Wildman–Crippen LogP) is 0.0670. The lowest BCUT2D eigenvalue weighted by molar-refractivity contribution is -0.139. The van der Waals surface area contributed by atoms with Gasteiger partial charge in [-0.1, -0.05) is 13.8 Å². The first-order chi connectivity index (χ1) is 9.68. The van der Waals surface area contributed by atoms with Crippen LogP contribution in [-0.4, -0.2) is 49.3 Å². The van der Waals surface area contributed by atoms with Crippen LogP contribution in [0.25, 0.3) is 0 Å². The number of hydrogen-bond donors (Lipinski definition) is 4. The molecular weight excluding hydrogens is 278 g/mol. The van der Waals surface area contributed by atoms with Crippen LogP contribution in [0.5, 0.6) is 0 Å². The van der Waals surface area contributed by atoms with Gasteiger partial charge in [-0.25, -0.2) is 9.59 Å². The number of hydrogen-bond acceptors (Lipinski definition) is 4. The Kier molecular flexibility index (Phi) is 8.37. The fourth-order valence-corrected chi connectivity index (χ4v) is 1.54. The van der Waals surface area contributed by atoms with Crippen molar-refractivity contribution in [3.63, 3.8) is 0 Å². The largest absolute Gasteiger partial charge is 0.480 e. The van der Waals surface area contributed by atoms with E-state index in [0.717, 1.165) is 6.42 Å². The molecule has 0 saturated heterocycles. The van der Waals surface area contributed by atoms with E-state index in [0.29, 0.717) is 13.2 Å². The SMILES string of the molecule is COCCC(C)(C)CNC(=O)N[C@H](CCC(N)=O)C(=O)O. The molecule has 8 nitrogen and oxygen atoms in total. The van der Waals surface area contributed by atoms with E-state index in [2.05, 4.69) is 10.6 Å². The number of methoxy groups -OCH3 is 1. The fraction of sp³-hybridized carbons (Fsp3) is 0.769. The Labute approximate surface area is 124 Å². The maximum atomic E-state index is 11.7. The molecule has 0 radical (unpaired) electrons. The summed E-state index contributed by atoms with van der Waals surface area (Å²) in [5.74, 6) is -1.81. The van der Waals surface area contributed by atoms with Crippen molar-refractivity contribution in [1.82, 2.24) is 10.6 Å². The van der Waals surface area contributed by atoms with E-state index >= 15 is 0 Å². The molecule has 0 spiro atoms. The van der Waals surface area contributed by atoms with Crippen LogP contribution < -0.4 is 16.4 Å². The van der Waals surface area contributed by atoms with Crippen LogP contribution in [0.2, 0.25) is 0 Å². The van der Waals surface area contributed by atoms with Gasteiger partial charge >= 0.3 is 12.0 Å². The van der Waals surface area contributed by atoms with Gasteiger partial charge in [0.1, 0.15) is 6.04 Å². The number of carbonyl (C=O) groups is 3. The highest BCUT2D eigenvalue weighted by Crippen LogP contribution is 2.18. The van der Waals surface area contributed by atoms with E-state index in [-0.39, 0.29) is 18.3 Å². The molecule has 0 rings (SSSR count). The van der Waals surface area contributed by atoms with Gasteiger partial charge in [0.2, 0.25) is 5.91 Å². The first kappa shape index (κ1) is 19.2. The average molecular weight is 303 g/mol. The third-order valence-corrected chi connectivity index (χ3v) is 2.99. The molecule has 3 amide bonds. The minimum atomic E-state index is -1.20. The number of ether oxygens (including phenoxy) is 1. The van der Waals surface area contributed by atoms with Gasteiger partial charge in [0.15, 0.2) is 0 Å². The van der Waals surface area contributed by atoms with Crippen molar-refractivity contribution in [1.29, 1.82) is 0 Å². The highest BCUT2D eigenvalue weighted by atomic mass is 16.5. The maximum Gasteiger partial charge on any atom is 0.326 e. The lowest BCUT2D eigenvalue weighted by Gasteiger charge is -2.25. The van der Waals surface area contributed by atoms with Crippen molar-refractivity contribution < 1.29 is 24.2 Å². The van der Waals surface area contributed by atoms with Gasteiger partial charge in [0, 0.05) is 26.7 Å². The van der Waals surface area contributed by atoms with Crippen molar-refractivity contribution in [3.05, 3.63) is 0 Å². The van der Waals surface area contributed by atoms with Crippen molar-refractivity contribution >= 4 is 17.9 Å². The summed E-state index contributed by atoms with van der Waals surface area (Å²) >= 11 is 0. The summed E-state index contributed by atoms with van der Waals surface area (Å²) in [5.41, 5.74) is 4.79. The van der Waals surface area contributed by atoms with E-state index in [1.54, 1.807) is 7.11 Å². The van der Waals surface area contributed by atoms with Gasteiger partial charge in [-0.05, 0) is 18.3 Å². The van der Waals surface area contributed by atoms with Gasteiger partial charge in [0.05, 0.1) is 0 Å². The van der Waals surface area contributed by atoms with Crippen LogP contribution in [0.15, 0.2) is 0 Å². The molecule has 21 heavy (non-hydrogen) atoms. The number of nitrogens with one attached hydrogen (secondary N) is 2. The molecule has 0 unspecified atom stereocenters. The Morgan fingerprint density at radius 1 is 1.33 bits per heavy atom. The molecule has 0 heterocycles. The van der Waals surface area contributed by atoms with E-state index in [9.17, 15) is 14.4 Å². The first-order valence-electron chi connectivity index (χ1n) is 6.72. The molecule has 0 aromatic carbocycles. The van der Waals surface area contributed by atoms with Crippen molar-refractivity contribution in [2.45, 2.75) is 39.2 Å². The van der Waals surface area contributed by atoms with Gasteiger partial charge in [-0.15, -0.1) is 0 Å². The van der Waals surface area contributed by atoms with Gasteiger partial charge < -0.3 is 26.2 Å². The summed E-state index contributed by atoms with van der Waals surface area (Å²) in [6.45, 7) is 4.89. The number of aliphatic carboxylic acids is 1. The van der Waals surface area contributed by atoms with Gasteiger partial charge in [-0.2, -0.15) is 0 Å². The number of carboxylic acid groups (broad SMARTS) is 1. The Balaban J connectivity index is 4.25. The van der Waals surface area contributed by atoms with Crippen LogP contribution in [0.3, 0.4) is 0 Å².